The minimum absolute atomic E-state index is 0.637. The van der Waals surface area contributed by atoms with Gasteiger partial charge in [0.25, 0.3) is 0 Å². The third kappa shape index (κ3) is 10.0. The van der Waals surface area contributed by atoms with E-state index in [4.69, 9.17) is 4.74 Å². The molecule has 1 unspecified atom stereocenters. The molecule has 2 nitrogen and oxygen atoms in total. The molecular weight excluding hydrogens is 174 g/mol. The molecule has 1 atom stereocenters. The van der Waals surface area contributed by atoms with Crippen LogP contribution < -0.4 is 5.32 Å². The van der Waals surface area contributed by atoms with E-state index in [1.54, 1.807) is 0 Å². The zero-order valence-electron chi connectivity index (χ0n) is 10.3. The standard InChI is InChI=1S/C12H27NO/c1-5-6-7-12(4)13-8-9-14-10-11(2)3/h11-13H,5-10H2,1-4H3. The first-order valence-electron chi connectivity index (χ1n) is 5.98. The summed E-state index contributed by atoms with van der Waals surface area (Å²) >= 11 is 0. The van der Waals surface area contributed by atoms with E-state index in [-0.39, 0.29) is 0 Å². The van der Waals surface area contributed by atoms with Crippen LogP contribution in [0.2, 0.25) is 0 Å². The molecule has 2 heteroatoms. The fourth-order valence-electron chi connectivity index (χ4n) is 1.31. The molecule has 0 aliphatic heterocycles. The van der Waals surface area contributed by atoms with Gasteiger partial charge in [0.2, 0.25) is 0 Å². The lowest BCUT2D eigenvalue weighted by atomic mass is 10.1. The second-order valence-corrected chi connectivity index (χ2v) is 4.47. The van der Waals surface area contributed by atoms with Crippen molar-refractivity contribution in [3.8, 4) is 0 Å². The Morgan fingerprint density at radius 1 is 1.21 bits per heavy atom. The normalized spacial score (nSPS) is 13.5. The van der Waals surface area contributed by atoms with Crippen molar-refractivity contribution in [2.45, 2.75) is 53.0 Å². The smallest absolute Gasteiger partial charge is 0.0591 e. The van der Waals surface area contributed by atoms with E-state index in [1.807, 2.05) is 0 Å². The van der Waals surface area contributed by atoms with Gasteiger partial charge in [-0.05, 0) is 19.3 Å². The zero-order valence-corrected chi connectivity index (χ0v) is 10.3. The molecule has 1 N–H and O–H groups in total. The predicted molar refractivity (Wildman–Crippen MR) is 62.6 cm³/mol. The summed E-state index contributed by atoms with van der Waals surface area (Å²) in [5, 5.41) is 3.47. The van der Waals surface area contributed by atoms with Crippen molar-refractivity contribution in [2.75, 3.05) is 19.8 Å². The first-order valence-corrected chi connectivity index (χ1v) is 5.98. The van der Waals surface area contributed by atoms with E-state index >= 15 is 0 Å². The highest BCUT2D eigenvalue weighted by Gasteiger charge is 1.99. The number of hydrogen-bond acceptors (Lipinski definition) is 2. The van der Waals surface area contributed by atoms with E-state index in [2.05, 4.69) is 33.0 Å². The lowest BCUT2D eigenvalue weighted by molar-refractivity contribution is 0.110. The molecule has 86 valence electrons. The number of ether oxygens (including phenoxy) is 1. The molecule has 0 radical (unpaired) electrons. The Balaban J connectivity index is 3.10. The van der Waals surface area contributed by atoms with Crippen LogP contribution in [0.5, 0.6) is 0 Å². The maximum absolute atomic E-state index is 5.49. The van der Waals surface area contributed by atoms with Gasteiger partial charge in [-0.3, -0.25) is 0 Å². The van der Waals surface area contributed by atoms with E-state index < -0.39 is 0 Å². The van der Waals surface area contributed by atoms with E-state index in [1.165, 1.54) is 19.3 Å². The monoisotopic (exact) mass is 201 g/mol. The fraction of sp³-hybridized carbons (Fsp3) is 1.00. The van der Waals surface area contributed by atoms with Crippen molar-refractivity contribution < 1.29 is 4.74 Å². The molecule has 14 heavy (non-hydrogen) atoms. The van der Waals surface area contributed by atoms with Gasteiger partial charge >= 0.3 is 0 Å². The molecule has 0 saturated heterocycles. The van der Waals surface area contributed by atoms with Crippen molar-refractivity contribution in [1.82, 2.24) is 5.32 Å². The highest BCUT2D eigenvalue weighted by Crippen LogP contribution is 1.98. The van der Waals surface area contributed by atoms with Gasteiger partial charge in [0.05, 0.1) is 6.61 Å². The molecule has 0 amide bonds. The highest BCUT2D eigenvalue weighted by molar-refractivity contribution is 4.59. The molecule has 0 spiro atoms. The Labute approximate surface area is 89.4 Å². The number of rotatable bonds is 9. The van der Waals surface area contributed by atoms with Crippen molar-refractivity contribution in [2.24, 2.45) is 5.92 Å². The Morgan fingerprint density at radius 2 is 1.93 bits per heavy atom. The van der Waals surface area contributed by atoms with E-state index in [0.29, 0.717) is 12.0 Å². The van der Waals surface area contributed by atoms with Gasteiger partial charge < -0.3 is 10.1 Å². The van der Waals surface area contributed by atoms with Crippen molar-refractivity contribution >= 4 is 0 Å². The SMILES string of the molecule is CCCCC(C)NCCOCC(C)C. The van der Waals surface area contributed by atoms with Crippen LogP contribution in [0.1, 0.15) is 47.0 Å². The first kappa shape index (κ1) is 13.9. The van der Waals surface area contributed by atoms with Gasteiger partial charge in [-0.1, -0.05) is 33.6 Å². The third-order valence-electron chi connectivity index (χ3n) is 2.18. The third-order valence-corrected chi connectivity index (χ3v) is 2.18. The molecule has 0 aliphatic rings. The second kappa shape index (κ2) is 9.47. The average Bonchev–Trinajstić information content (AvgIpc) is 2.13. The molecule has 0 aromatic heterocycles. The maximum atomic E-state index is 5.49. The summed E-state index contributed by atoms with van der Waals surface area (Å²) in [5.41, 5.74) is 0. The largest absolute Gasteiger partial charge is 0.380 e. The first-order chi connectivity index (χ1) is 6.66. The zero-order chi connectivity index (χ0) is 10.8. The fourth-order valence-corrected chi connectivity index (χ4v) is 1.31. The molecular formula is C12H27NO. The summed E-state index contributed by atoms with van der Waals surface area (Å²) in [5.74, 6) is 0.646. The van der Waals surface area contributed by atoms with Crippen LogP contribution in [0, 0.1) is 5.92 Å². The Hall–Kier alpha value is -0.0800. The van der Waals surface area contributed by atoms with E-state index in [0.717, 1.165) is 19.8 Å². The number of unbranched alkanes of at least 4 members (excludes halogenated alkanes) is 1. The van der Waals surface area contributed by atoms with Crippen LogP contribution in [0.25, 0.3) is 0 Å². The molecule has 0 bridgehead atoms. The van der Waals surface area contributed by atoms with Gasteiger partial charge in [0, 0.05) is 19.2 Å². The molecule has 0 aromatic carbocycles. The molecule has 0 saturated carbocycles. The number of hydrogen-bond donors (Lipinski definition) is 1. The van der Waals surface area contributed by atoms with Gasteiger partial charge in [-0.25, -0.2) is 0 Å². The summed E-state index contributed by atoms with van der Waals surface area (Å²) in [6.07, 6.45) is 3.89. The van der Waals surface area contributed by atoms with Crippen molar-refractivity contribution in [3.05, 3.63) is 0 Å². The Bertz CT molecular complexity index is 115. The minimum Gasteiger partial charge on any atom is -0.380 e. The summed E-state index contributed by atoms with van der Waals surface area (Å²) in [4.78, 5) is 0. The van der Waals surface area contributed by atoms with Crippen LogP contribution in [-0.2, 0) is 4.74 Å². The second-order valence-electron chi connectivity index (χ2n) is 4.47. The maximum Gasteiger partial charge on any atom is 0.0591 e. The van der Waals surface area contributed by atoms with E-state index in [9.17, 15) is 0 Å². The lowest BCUT2D eigenvalue weighted by Crippen LogP contribution is -2.29. The molecule has 0 rings (SSSR count). The molecule has 0 aromatic rings. The summed E-state index contributed by atoms with van der Waals surface area (Å²) in [6, 6.07) is 0.637. The van der Waals surface area contributed by atoms with Gasteiger partial charge in [-0.15, -0.1) is 0 Å². The average molecular weight is 201 g/mol. The van der Waals surface area contributed by atoms with Gasteiger partial charge in [-0.2, -0.15) is 0 Å². The lowest BCUT2D eigenvalue weighted by Gasteiger charge is -2.13. The summed E-state index contributed by atoms with van der Waals surface area (Å²) in [6.45, 7) is 11.5. The Kier molecular flexibility index (Phi) is 9.42. The molecule has 0 fully saturated rings. The summed E-state index contributed by atoms with van der Waals surface area (Å²) in [7, 11) is 0. The van der Waals surface area contributed by atoms with Crippen LogP contribution in [0.3, 0.4) is 0 Å². The number of nitrogens with one attached hydrogen (secondary N) is 1. The van der Waals surface area contributed by atoms with Crippen LogP contribution in [0.4, 0.5) is 0 Å². The van der Waals surface area contributed by atoms with Crippen LogP contribution in [0.15, 0.2) is 0 Å². The van der Waals surface area contributed by atoms with Crippen LogP contribution in [-0.4, -0.2) is 25.8 Å². The predicted octanol–water partition coefficient (Wildman–Crippen LogP) is 2.83. The summed E-state index contributed by atoms with van der Waals surface area (Å²) < 4.78 is 5.49. The Morgan fingerprint density at radius 3 is 2.50 bits per heavy atom. The van der Waals surface area contributed by atoms with Gasteiger partial charge in [0.15, 0.2) is 0 Å². The van der Waals surface area contributed by atoms with Gasteiger partial charge in [0.1, 0.15) is 0 Å². The molecule has 0 aliphatic carbocycles. The highest BCUT2D eigenvalue weighted by atomic mass is 16.5. The van der Waals surface area contributed by atoms with Crippen molar-refractivity contribution in [1.29, 1.82) is 0 Å². The quantitative estimate of drug-likeness (QED) is 0.579. The molecule has 0 heterocycles. The van der Waals surface area contributed by atoms with Crippen LogP contribution >= 0.6 is 0 Å². The van der Waals surface area contributed by atoms with Crippen molar-refractivity contribution in [3.63, 3.8) is 0 Å². The minimum atomic E-state index is 0.637. The topological polar surface area (TPSA) is 21.3 Å².